The number of rotatable bonds is 3. The van der Waals surface area contributed by atoms with E-state index in [1.807, 2.05) is 12.1 Å². The molecule has 1 aromatic rings. The van der Waals surface area contributed by atoms with Crippen LogP contribution < -0.4 is 4.74 Å². The molecule has 0 unspecified atom stereocenters. The fraction of sp³-hybridized carbons (Fsp3) is 0.438. The van der Waals surface area contributed by atoms with Gasteiger partial charge in [-0.1, -0.05) is 25.5 Å². The molecule has 0 radical (unpaired) electrons. The van der Waals surface area contributed by atoms with Gasteiger partial charge in [-0.2, -0.15) is 0 Å². The second-order valence-electron chi connectivity index (χ2n) is 5.93. The molecule has 0 saturated carbocycles. The first-order valence-electron chi connectivity index (χ1n) is 6.44. The lowest BCUT2D eigenvalue weighted by molar-refractivity contribution is -0.117. The highest BCUT2D eigenvalue weighted by Crippen LogP contribution is 2.35. The van der Waals surface area contributed by atoms with Crippen LogP contribution in [0, 0.1) is 5.41 Å². The number of allylic oxidation sites excluding steroid dienone is 2. The minimum atomic E-state index is 0.0882. The summed E-state index contributed by atoms with van der Waals surface area (Å²) in [5.74, 6) is 1.08. The van der Waals surface area contributed by atoms with Crippen LogP contribution in [-0.2, 0) is 11.2 Å². The van der Waals surface area contributed by atoms with Gasteiger partial charge in [0.05, 0.1) is 11.6 Å². The van der Waals surface area contributed by atoms with Crippen molar-refractivity contribution in [1.82, 2.24) is 0 Å². The summed E-state index contributed by atoms with van der Waals surface area (Å²) in [6.45, 7) is 4.31. The van der Waals surface area contributed by atoms with Crippen molar-refractivity contribution in [3.05, 3.63) is 39.9 Å². The summed E-state index contributed by atoms with van der Waals surface area (Å²) in [5, 5.41) is 0. The highest BCUT2D eigenvalue weighted by Gasteiger charge is 2.27. The van der Waals surface area contributed by atoms with Gasteiger partial charge in [-0.3, -0.25) is 4.79 Å². The van der Waals surface area contributed by atoms with E-state index in [-0.39, 0.29) is 11.2 Å². The average Bonchev–Trinajstić information content (AvgIpc) is 2.26. The summed E-state index contributed by atoms with van der Waals surface area (Å²) in [6.07, 6.45) is 4.30. The zero-order valence-corrected chi connectivity index (χ0v) is 13.2. The number of benzene rings is 1. The molecule has 0 fully saturated rings. The molecule has 0 amide bonds. The highest BCUT2D eigenvalue weighted by molar-refractivity contribution is 9.10. The van der Waals surface area contributed by atoms with E-state index in [0.29, 0.717) is 6.42 Å². The molecule has 2 rings (SSSR count). The van der Waals surface area contributed by atoms with Crippen LogP contribution in [0.15, 0.2) is 34.3 Å². The highest BCUT2D eigenvalue weighted by atomic mass is 79.9. The van der Waals surface area contributed by atoms with Crippen LogP contribution in [-0.4, -0.2) is 12.9 Å². The second kappa shape index (κ2) is 5.49. The first-order valence-corrected chi connectivity index (χ1v) is 7.24. The lowest BCUT2D eigenvalue weighted by Crippen LogP contribution is -2.22. The third-order valence-corrected chi connectivity index (χ3v) is 3.99. The van der Waals surface area contributed by atoms with Crippen LogP contribution in [0.4, 0.5) is 0 Å². The van der Waals surface area contributed by atoms with Crippen LogP contribution in [0.1, 0.15) is 32.3 Å². The van der Waals surface area contributed by atoms with E-state index in [1.54, 1.807) is 7.11 Å². The molecular formula is C16H19BrO2. The van der Waals surface area contributed by atoms with Crippen molar-refractivity contribution in [2.75, 3.05) is 7.11 Å². The number of methoxy groups -OCH3 is 1. The van der Waals surface area contributed by atoms with Gasteiger partial charge < -0.3 is 4.74 Å². The number of ether oxygens (including phenoxy) is 1. The Morgan fingerprint density at radius 3 is 2.63 bits per heavy atom. The molecule has 0 aliphatic heterocycles. The maximum Gasteiger partial charge on any atom is 0.156 e. The largest absolute Gasteiger partial charge is 0.496 e. The predicted octanol–water partition coefficient (Wildman–Crippen LogP) is 4.32. The standard InChI is InChI=1S/C16H19BrO2/c1-16(2)9-12(7-13(18)10-16)6-11-4-5-15(19-3)14(17)8-11/h4-5,7-8H,6,9-10H2,1-3H3. The van der Waals surface area contributed by atoms with Crippen molar-refractivity contribution >= 4 is 21.7 Å². The van der Waals surface area contributed by atoms with Gasteiger partial charge in [0.1, 0.15) is 5.75 Å². The molecule has 2 nitrogen and oxygen atoms in total. The van der Waals surface area contributed by atoms with Gasteiger partial charge in [-0.05, 0) is 58.0 Å². The Labute approximate surface area is 123 Å². The fourth-order valence-corrected chi connectivity index (χ4v) is 3.26. The molecule has 0 aromatic heterocycles. The summed E-state index contributed by atoms with van der Waals surface area (Å²) < 4.78 is 6.18. The van der Waals surface area contributed by atoms with Crippen molar-refractivity contribution < 1.29 is 9.53 Å². The minimum absolute atomic E-state index is 0.0882. The van der Waals surface area contributed by atoms with Crippen molar-refractivity contribution in [2.45, 2.75) is 33.1 Å². The van der Waals surface area contributed by atoms with Crippen LogP contribution >= 0.6 is 15.9 Å². The molecule has 0 heterocycles. The van der Waals surface area contributed by atoms with Gasteiger partial charge in [0, 0.05) is 6.42 Å². The predicted molar refractivity (Wildman–Crippen MR) is 80.5 cm³/mol. The maximum atomic E-state index is 11.7. The van der Waals surface area contributed by atoms with E-state index in [2.05, 4.69) is 41.9 Å². The van der Waals surface area contributed by atoms with Crippen molar-refractivity contribution in [2.24, 2.45) is 5.41 Å². The zero-order chi connectivity index (χ0) is 14.0. The molecule has 1 aliphatic rings. The Balaban J connectivity index is 2.17. The number of hydrogen-bond acceptors (Lipinski definition) is 2. The van der Waals surface area contributed by atoms with Gasteiger partial charge in [0.25, 0.3) is 0 Å². The lowest BCUT2D eigenvalue weighted by Gasteiger charge is -2.29. The summed E-state index contributed by atoms with van der Waals surface area (Å²) in [4.78, 5) is 11.7. The Morgan fingerprint density at radius 1 is 1.32 bits per heavy atom. The van der Waals surface area contributed by atoms with Gasteiger partial charge >= 0.3 is 0 Å². The van der Waals surface area contributed by atoms with E-state index in [0.717, 1.165) is 23.1 Å². The number of halogens is 1. The quantitative estimate of drug-likeness (QED) is 0.828. The first-order chi connectivity index (χ1) is 8.89. The monoisotopic (exact) mass is 322 g/mol. The molecule has 0 bridgehead atoms. The first kappa shape index (κ1) is 14.3. The van der Waals surface area contributed by atoms with Crippen LogP contribution in [0.5, 0.6) is 5.75 Å². The van der Waals surface area contributed by atoms with Crippen LogP contribution in [0.3, 0.4) is 0 Å². The Hall–Kier alpha value is -1.09. The lowest BCUT2D eigenvalue weighted by atomic mass is 9.75. The van der Waals surface area contributed by atoms with Gasteiger partial charge in [0.15, 0.2) is 5.78 Å². The molecule has 1 aromatic carbocycles. The number of hydrogen-bond donors (Lipinski definition) is 0. The number of carbonyl (C=O) groups is 1. The van der Waals surface area contributed by atoms with E-state index in [1.165, 1.54) is 11.1 Å². The maximum absolute atomic E-state index is 11.7. The molecule has 0 N–H and O–H groups in total. The molecule has 102 valence electrons. The molecule has 0 atom stereocenters. The van der Waals surface area contributed by atoms with E-state index >= 15 is 0 Å². The van der Waals surface area contributed by atoms with Crippen molar-refractivity contribution in [1.29, 1.82) is 0 Å². The molecule has 1 aliphatic carbocycles. The normalized spacial score (nSPS) is 18.1. The van der Waals surface area contributed by atoms with E-state index in [4.69, 9.17) is 4.74 Å². The third-order valence-electron chi connectivity index (χ3n) is 3.37. The summed E-state index contributed by atoms with van der Waals surface area (Å²) >= 11 is 3.50. The molecule has 0 saturated heterocycles. The van der Waals surface area contributed by atoms with E-state index < -0.39 is 0 Å². The third kappa shape index (κ3) is 3.69. The second-order valence-corrected chi connectivity index (χ2v) is 6.79. The molecule has 19 heavy (non-hydrogen) atoms. The van der Waals surface area contributed by atoms with E-state index in [9.17, 15) is 4.79 Å². The zero-order valence-electron chi connectivity index (χ0n) is 11.6. The summed E-state index contributed by atoms with van der Waals surface area (Å²) in [7, 11) is 1.66. The van der Waals surface area contributed by atoms with Crippen molar-refractivity contribution in [3.63, 3.8) is 0 Å². The molecular weight excluding hydrogens is 304 g/mol. The van der Waals surface area contributed by atoms with Crippen LogP contribution in [0.2, 0.25) is 0 Å². The minimum Gasteiger partial charge on any atom is -0.496 e. The topological polar surface area (TPSA) is 26.3 Å². The Morgan fingerprint density at radius 2 is 2.05 bits per heavy atom. The Kier molecular flexibility index (Phi) is 4.14. The SMILES string of the molecule is COc1ccc(CC2=CC(=O)CC(C)(C)C2)cc1Br. The van der Waals surface area contributed by atoms with Gasteiger partial charge in [0.2, 0.25) is 0 Å². The number of carbonyl (C=O) groups excluding carboxylic acids is 1. The van der Waals surface area contributed by atoms with Crippen LogP contribution in [0.25, 0.3) is 0 Å². The Bertz CT molecular complexity index is 530. The summed E-state index contributed by atoms with van der Waals surface area (Å²) in [5.41, 5.74) is 2.51. The number of ketones is 1. The van der Waals surface area contributed by atoms with Gasteiger partial charge in [-0.15, -0.1) is 0 Å². The smallest absolute Gasteiger partial charge is 0.156 e. The fourth-order valence-electron chi connectivity index (χ4n) is 2.67. The van der Waals surface area contributed by atoms with Gasteiger partial charge in [-0.25, -0.2) is 0 Å². The molecule has 3 heteroatoms. The molecule has 0 spiro atoms. The average molecular weight is 323 g/mol. The summed E-state index contributed by atoms with van der Waals surface area (Å²) in [6, 6.07) is 6.07. The van der Waals surface area contributed by atoms with Crippen molar-refractivity contribution in [3.8, 4) is 5.75 Å².